The molecule has 0 fully saturated rings. The first-order valence-corrected chi connectivity index (χ1v) is 13.2. The number of rotatable bonds is 10. The Morgan fingerprint density at radius 3 is 2.51 bits per heavy atom. The van der Waals surface area contributed by atoms with Crippen LogP contribution in [0.25, 0.3) is 21.9 Å². The molecule has 0 heterocycles. The second-order valence-electron chi connectivity index (χ2n) is 9.78. The van der Waals surface area contributed by atoms with Gasteiger partial charge < -0.3 is 14.8 Å². The number of esters is 1. The summed E-state index contributed by atoms with van der Waals surface area (Å²) in [5, 5.41) is 6.02. The van der Waals surface area contributed by atoms with Crippen molar-refractivity contribution < 1.29 is 14.3 Å². The van der Waals surface area contributed by atoms with E-state index in [1.54, 1.807) is 0 Å². The highest BCUT2D eigenvalue weighted by molar-refractivity contribution is 5.99. The lowest BCUT2D eigenvalue weighted by molar-refractivity contribution is 0.0377. The van der Waals surface area contributed by atoms with E-state index in [0.29, 0.717) is 12.2 Å². The van der Waals surface area contributed by atoms with Gasteiger partial charge in [-0.1, -0.05) is 60.7 Å². The van der Waals surface area contributed by atoms with E-state index in [9.17, 15) is 4.79 Å². The Hall–Kier alpha value is -3.63. The van der Waals surface area contributed by atoms with Crippen molar-refractivity contribution in [2.24, 2.45) is 0 Å². The summed E-state index contributed by atoms with van der Waals surface area (Å²) in [5.74, 6) is 0.629. The van der Waals surface area contributed by atoms with E-state index in [4.69, 9.17) is 9.47 Å². The lowest BCUT2D eigenvalue weighted by Crippen LogP contribution is -2.21. The summed E-state index contributed by atoms with van der Waals surface area (Å²) in [4.78, 5) is 12.7. The average molecular weight is 496 g/mol. The monoisotopic (exact) mass is 495 g/mol. The Kier molecular flexibility index (Phi) is 8.62. The van der Waals surface area contributed by atoms with Crippen molar-refractivity contribution in [1.29, 1.82) is 0 Å². The van der Waals surface area contributed by atoms with E-state index >= 15 is 0 Å². The van der Waals surface area contributed by atoms with Crippen molar-refractivity contribution in [3.63, 3.8) is 0 Å². The number of nitrogens with one attached hydrogen (secondary N) is 1. The molecule has 4 rings (SSSR count). The number of aryl methyl sites for hydroxylation is 1. The van der Waals surface area contributed by atoms with E-state index in [-0.39, 0.29) is 18.1 Å². The molecule has 1 atom stereocenters. The van der Waals surface area contributed by atoms with Gasteiger partial charge in [0.15, 0.2) is 0 Å². The van der Waals surface area contributed by atoms with Crippen LogP contribution in [0.2, 0.25) is 0 Å². The molecule has 4 aromatic carbocycles. The van der Waals surface area contributed by atoms with E-state index < -0.39 is 0 Å². The molecule has 192 valence electrons. The Balaban J connectivity index is 1.57. The topological polar surface area (TPSA) is 47.6 Å². The summed E-state index contributed by atoms with van der Waals surface area (Å²) < 4.78 is 11.2. The second kappa shape index (κ2) is 12.1. The van der Waals surface area contributed by atoms with Crippen LogP contribution in [0.5, 0.6) is 5.75 Å². The molecule has 0 spiro atoms. The molecular weight excluding hydrogens is 458 g/mol. The molecule has 0 saturated heterocycles. The minimum absolute atomic E-state index is 0.156. The molecule has 37 heavy (non-hydrogen) atoms. The third-order valence-corrected chi connectivity index (χ3v) is 6.57. The molecule has 4 heteroatoms. The maximum atomic E-state index is 12.7. The summed E-state index contributed by atoms with van der Waals surface area (Å²) >= 11 is 0. The van der Waals surface area contributed by atoms with Crippen LogP contribution in [0.1, 0.15) is 60.8 Å². The van der Waals surface area contributed by atoms with Gasteiger partial charge in [0.1, 0.15) is 5.75 Å². The van der Waals surface area contributed by atoms with Crippen LogP contribution in [0.4, 0.5) is 0 Å². The highest BCUT2D eigenvalue weighted by Crippen LogP contribution is 2.32. The van der Waals surface area contributed by atoms with Gasteiger partial charge in [0.05, 0.1) is 18.3 Å². The molecule has 0 aliphatic carbocycles. The Bertz CT molecular complexity index is 1380. The summed E-state index contributed by atoms with van der Waals surface area (Å²) in [7, 11) is 0. The van der Waals surface area contributed by atoms with Crippen LogP contribution in [0.15, 0.2) is 78.9 Å². The van der Waals surface area contributed by atoms with Gasteiger partial charge in [-0.3, -0.25) is 0 Å². The highest BCUT2D eigenvalue weighted by Gasteiger charge is 2.15. The Morgan fingerprint density at radius 2 is 1.73 bits per heavy atom. The van der Waals surface area contributed by atoms with Crippen molar-refractivity contribution in [2.45, 2.75) is 53.2 Å². The third-order valence-electron chi connectivity index (χ3n) is 6.57. The maximum absolute atomic E-state index is 12.7. The molecule has 0 bridgehead atoms. The first-order chi connectivity index (χ1) is 17.9. The molecule has 4 aromatic rings. The van der Waals surface area contributed by atoms with Crippen molar-refractivity contribution >= 4 is 16.7 Å². The predicted octanol–water partition coefficient (Wildman–Crippen LogP) is 7.67. The second-order valence-corrected chi connectivity index (χ2v) is 9.78. The quantitative estimate of drug-likeness (QED) is 0.229. The molecule has 0 amide bonds. The first kappa shape index (κ1) is 26.4. The Morgan fingerprint density at radius 1 is 0.919 bits per heavy atom. The first-order valence-electron chi connectivity index (χ1n) is 13.2. The molecule has 0 radical (unpaired) electrons. The summed E-state index contributed by atoms with van der Waals surface area (Å²) in [6, 6.07) is 27.5. The highest BCUT2D eigenvalue weighted by atomic mass is 16.5. The van der Waals surface area contributed by atoms with Crippen LogP contribution >= 0.6 is 0 Å². The lowest BCUT2D eigenvalue weighted by Gasteiger charge is -2.17. The number of fused-ring (bicyclic) bond motifs is 1. The molecule has 0 unspecified atom stereocenters. The number of ether oxygens (including phenoxy) is 2. The maximum Gasteiger partial charge on any atom is 0.338 e. The smallest absolute Gasteiger partial charge is 0.338 e. The van der Waals surface area contributed by atoms with Gasteiger partial charge in [0, 0.05) is 6.04 Å². The number of carbonyl (C=O) groups excluding carboxylic acids is 1. The normalized spacial score (nSPS) is 12.1. The zero-order valence-electron chi connectivity index (χ0n) is 22.5. The van der Waals surface area contributed by atoms with E-state index in [1.807, 2.05) is 52.0 Å². The van der Waals surface area contributed by atoms with Crippen LogP contribution in [0, 0.1) is 6.92 Å². The number of hydrogen-bond acceptors (Lipinski definition) is 4. The van der Waals surface area contributed by atoms with Crippen LogP contribution in [-0.4, -0.2) is 25.2 Å². The molecule has 0 saturated carbocycles. The number of hydrogen-bond donors (Lipinski definition) is 1. The zero-order valence-corrected chi connectivity index (χ0v) is 22.5. The van der Waals surface area contributed by atoms with Crippen LogP contribution < -0.4 is 10.1 Å². The summed E-state index contributed by atoms with van der Waals surface area (Å²) in [6.45, 7) is 11.4. The van der Waals surface area contributed by atoms with Crippen LogP contribution in [0.3, 0.4) is 0 Å². The lowest BCUT2D eigenvalue weighted by atomic mass is 9.92. The van der Waals surface area contributed by atoms with Gasteiger partial charge in [0.2, 0.25) is 0 Å². The SMILES string of the molecule is CCOc1cccc([C@@H](C)NCCc2cc(-c3ccc(C)c(C(=O)OC(C)C)c3)c3ccccc3c2)c1. The van der Waals surface area contributed by atoms with Crippen molar-refractivity contribution in [3.05, 3.63) is 101 Å². The number of benzene rings is 4. The molecule has 1 N–H and O–H groups in total. The van der Waals surface area contributed by atoms with Crippen molar-refractivity contribution in [1.82, 2.24) is 5.32 Å². The van der Waals surface area contributed by atoms with Crippen molar-refractivity contribution in [3.8, 4) is 16.9 Å². The van der Waals surface area contributed by atoms with E-state index in [1.165, 1.54) is 21.9 Å². The van der Waals surface area contributed by atoms with Gasteiger partial charge in [-0.2, -0.15) is 0 Å². The molecule has 0 aliphatic rings. The van der Waals surface area contributed by atoms with E-state index in [0.717, 1.165) is 35.4 Å². The van der Waals surface area contributed by atoms with Gasteiger partial charge >= 0.3 is 5.97 Å². The molecule has 0 aliphatic heterocycles. The third kappa shape index (κ3) is 6.58. The Labute approximate surface area is 220 Å². The largest absolute Gasteiger partial charge is 0.494 e. The average Bonchev–Trinajstić information content (AvgIpc) is 2.88. The number of carbonyl (C=O) groups is 1. The summed E-state index contributed by atoms with van der Waals surface area (Å²) in [6.07, 6.45) is 0.734. The molecule has 0 aromatic heterocycles. The fraction of sp³-hybridized carbons (Fsp3) is 0.303. The fourth-order valence-corrected chi connectivity index (χ4v) is 4.63. The predicted molar refractivity (Wildman–Crippen MR) is 152 cm³/mol. The van der Waals surface area contributed by atoms with Crippen molar-refractivity contribution in [2.75, 3.05) is 13.2 Å². The van der Waals surface area contributed by atoms with Gasteiger partial charge in [-0.15, -0.1) is 0 Å². The standard InChI is InChI=1S/C33H37NO3/c1-6-36-29-12-9-11-26(20-29)24(5)34-17-16-25-18-27-10-7-8-13-30(27)32(19-25)28-15-14-23(4)31(21-28)33(35)37-22(2)3/h7-15,18-22,24,34H,6,16-17H2,1-5H3/t24-/m1/s1. The van der Waals surface area contributed by atoms with Gasteiger partial charge in [0.25, 0.3) is 0 Å². The minimum Gasteiger partial charge on any atom is -0.494 e. The van der Waals surface area contributed by atoms with E-state index in [2.05, 4.69) is 66.8 Å². The van der Waals surface area contributed by atoms with Gasteiger partial charge in [-0.05, 0) is 104 Å². The zero-order chi connectivity index (χ0) is 26.4. The van der Waals surface area contributed by atoms with Crippen LogP contribution in [-0.2, 0) is 11.2 Å². The minimum atomic E-state index is -0.276. The fourth-order valence-electron chi connectivity index (χ4n) is 4.63. The molecule has 4 nitrogen and oxygen atoms in total. The molecular formula is C33H37NO3. The summed E-state index contributed by atoms with van der Waals surface area (Å²) in [5.41, 5.74) is 6.15. The van der Waals surface area contributed by atoms with Gasteiger partial charge in [-0.25, -0.2) is 4.79 Å².